The molecule has 0 fully saturated rings. The van der Waals surface area contributed by atoms with Gasteiger partial charge in [-0.3, -0.25) is 13.5 Å². The second kappa shape index (κ2) is 10.7. The molecule has 0 amide bonds. The number of imidazole rings is 2. The van der Waals surface area contributed by atoms with Crippen LogP contribution in [0.3, 0.4) is 0 Å². The molecule has 0 aliphatic carbocycles. The molecule has 0 radical (unpaired) electrons. The summed E-state index contributed by atoms with van der Waals surface area (Å²) in [6, 6.07) is 27.5. The molecule has 7 aromatic rings. The molecule has 6 nitrogen and oxygen atoms in total. The molecular formula is C35H33FN6. The number of benzene rings is 3. The van der Waals surface area contributed by atoms with Crippen LogP contribution in [0.25, 0.3) is 50.5 Å². The van der Waals surface area contributed by atoms with Gasteiger partial charge in [-0.25, -0.2) is 15.0 Å². The zero-order chi connectivity index (χ0) is 29.5. The lowest BCUT2D eigenvalue weighted by atomic mass is 10.1. The molecule has 0 aliphatic heterocycles. The quantitative estimate of drug-likeness (QED) is 0.162. The van der Waals surface area contributed by atoms with Gasteiger partial charge >= 0.3 is 0 Å². The summed E-state index contributed by atoms with van der Waals surface area (Å²) in [7, 11) is 0. The first kappa shape index (κ1) is 27.1. The van der Waals surface area contributed by atoms with Gasteiger partial charge in [0.1, 0.15) is 17.3 Å². The Morgan fingerprint density at radius 1 is 0.690 bits per heavy atom. The molecule has 0 unspecified atom stereocenters. The predicted octanol–water partition coefficient (Wildman–Crippen LogP) is 8.63. The van der Waals surface area contributed by atoms with Gasteiger partial charge in [0.2, 0.25) is 5.95 Å². The third kappa shape index (κ3) is 4.38. The van der Waals surface area contributed by atoms with E-state index in [2.05, 4.69) is 104 Å². The van der Waals surface area contributed by atoms with Gasteiger partial charge in [0.25, 0.3) is 0 Å². The van der Waals surface area contributed by atoms with Gasteiger partial charge in [0.15, 0.2) is 11.2 Å². The van der Waals surface area contributed by atoms with E-state index in [-0.39, 0.29) is 5.52 Å². The molecular weight excluding hydrogens is 523 g/mol. The molecule has 7 rings (SSSR count). The monoisotopic (exact) mass is 556 g/mol. The van der Waals surface area contributed by atoms with Crippen molar-refractivity contribution < 1.29 is 4.39 Å². The standard InChI is InChI=1S/C31H25FN6.C4H8/c1-18-10-5-6-13-24(18)37-25-14-7-8-15-26(25)38-27(37)16-19(2)29(38)22-11-9-12-23(17-22)36-21(4)35-28-30(32)33-20(3)34-31(28)36;1-3-4-2/h5-17H,1-4H3;3-4H,1-2H3/b;4-3-. The van der Waals surface area contributed by atoms with Crippen molar-refractivity contribution in [2.75, 3.05) is 0 Å². The average Bonchev–Trinajstić information content (AvgIpc) is 3.60. The zero-order valence-corrected chi connectivity index (χ0v) is 24.7. The maximum absolute atomic E-state index is 14.6. The second-order valence-electron chi connectivity index (χ2n) is 10.4. The van der Waals surface area contributed by atoms with Crippen LogP contribution in [0.4, 0.5) is 4.39 Å². The highest BCUT2D eigenvalue weighted by molar-refractivity contribution is 5.89. The van der Waals surface area contributed by atoms with Gasteiger partial charge in [-0.1, -0.05) is 54.6 Å². The first-order valence-electron chi connectivity index (χ1n) is 14.1. The third-order valence-electron chi connectivity index (χ3n) is 7.58. The molecule has 0 spiro atoms. The van der Waals surface area contributed by atoms with Crippen LogP contribution in [0.5, 0.6) is 0 Å². The van der Waals surface area contributed by atoms with Crippen LogP contribution in [-0.4, -0.2) is 28.5 Å². The smallest absolute Gasteiger partial charge is 0.244 e. The minimum absolute atomic E-state index is 0.182. The molecule has 0 N–H and O–H groups in total. The largest absolute Gasteiger partial charge is 0.294 e. The number of rotatable bonds is 3. The number of aromatic nitrogens is 6. The Hall–Kier alpha value is -5.04. The number of hydrogen-bond acceptors (Lipinski definition) is 3. The number of para-hydroxylation sites is 3. The average molecular weight is 557 g/mol. The number of allylic oxidation sites excluding steroid dienone is 2. The maximum Gasteiger partial charge on any atom is 0.244 e. The van der Waals surface area contributed by atoms with Crippen molar-refractivity contribution in [3.63, 3.8) is 0 Å². The maximum atomic E-state index is 14.6. The fourth-order valence-corrected chi connectivity index (χ4v) is 5.65. The van der Waals surface area contributed by atoms with Crippen molar-refractivity contribution in [3.8, 4) is 22.6 Å². The van der Waals surface area contributed by atoms with Gasteiger partial charge in [0, 0.05) is 11.3 Å². The minimum atomic E-state index is -0.598. The van der Waals surface area contributed by atoms with E-state index in [9.17, 15) is 4.39 Å². The molecule has 0 aliphatic rings. The van der Waals surface area contributed by atoms with E-state index >= 15 is 0 Å². The fourth-order valence-electron chi connectivity index (χ4n) is 5.65. The van der Waals surface area contributed by atoms with Gasteiger partial charge < -0.3 is 0 Å². The van der Waals surface area contributed by atoms with E-state index in [1.807, 2.05) is 49.6 Å². The molecule has 210 valence electrons. The van der Waals surface area contributed by atoms with Crippen LogP contribution < -0.4 is 0 Å². The molecule has 0 bridgehead atoms. The third-order valence-corrected chi connectivity index (χ3v) is 7.58. The number of hydrogen-bond donors (Lipinski definition) is 0. The lowest BCUT2D eigenvalue weighted by Gasteiger charge is -2.10. The summed E-state index contributed by atoms with van der Waals surface area (Å²) in [6.45, 7) is 11.8. The lowest BCUT2D eigenvalue weighted by molar-refractivity contribution is 0.586. The van der Waals surface area contributed by atoms with Crippen molar-refractivity contribution in [2.24, 2.45) is 0 Å². The molecule has 7 heteroatoms. The topological polar surface area (TPSA) is 52.9 Å². The minimum Gasteiger partial charge on any atom is -0.294 e. The van der Waals surface area contributed by atoms with Crippen LogP contribution in [-0.2, 0) is 0 Å². The van der Waals surface area contributed by atoms with E-state index in [4.69, 9.17) is 0 Å². The molecule has 0 atom stereocenters. The van der Waals surface area contributed by atoms with Gasteiger partial charge in [0.05, 0.1) is 22.4 Å². The van der Waals surface area contributed by atoms with E-state index in [0.717, 1.165) is 39.3 Å². The highest BCUT2D eigenvalue weighted by Crippen LogP contribution is 2.36. The second-order valence-corrected chi connectivity index (χ2v) is 10.4. The Labute approximate surface area is 244 Å². The van der Waals surface area contributed by atoms with Gasteiger partial charge in [-0.05, 0) is 89.1 Å². The molecule has 4 aromatic heterocycles. The lowest BCUT2D eigenvalue weighted by Crippen LogP contribution is -2.01. The summed E-state index contributed by atoms with van der Waals surface area (Å²) in [6.07, 6.45) is 4.00. The van der Waals surface area contributed by atoms with E-state index in [1.165, 1.54) is 11.1 Å². The zero-order valence-electron chi connectivity index (χ0n) is 24.7. The normalized spacial score (nSPS) is 11.6. The van der Waals surface area contributed by atoms with E-state index < -0.39 is 5.95 Å². The van der Waals surface area contributed by atoms with Crippen molar-refractivity contribution in [2.45, 2.75) is 41.5 Å². The van der Waals surface area contributed by atoms with Gasteiger partial charge in [-0.15, -0.1) is 0 Å². The Kier molecular flexibility index (Phi) is 6.94. The number of nitrogens with zero attached hydrogens (tertiary/aromatic N) is 6. The molecule has 0 saturated carbocycles. The van der Waals surface area contributed by atoms with Crippen molar-refractivity contribution >= 4 is 27.8 Å². The summed E-state index contributed by atoms with van der Waals surface area (Å²) in [5.41, 5.74) is 10.6. The summed E-state index contributed by atoms with van der Waals surface area (Å²) >= 11 is 0. The van der Waals surface area contributed by atoms with Crippen LogP contribution in [0.2, 0.25) is 0 Å². The number of aryl methyl sites for hydroxylation is 4. The Balaban J connectivity index is 0.000000744. The van der Waals surface area contributed by atoms with Crippen LogP contribution >= 0.6 is 0 Å². The highest BCUT2D eigenvalue weighted by atomic mass is 19.1. The Morgan fingerprint density at radius 3 is 2.14 bits per heavy atom. The van der Waals surface area contributed by atoms with Crippen LogP contribution in [0.15, 0.2) is 91.0 Å². The van der Waals surface area contributed by atoms with Crippen LogP contribution in [0, 0.1) is 33.6 Å². The SMILES string of the molecule is C/C=C\C.Cc1nc(F)c2nc(C)n(-c3cccc(-c4c(C)cc5n(-c6ccccc6C)c6ccccc6n45)c3)c2n1. The van der Waals surface area contributed by atoms with Crippen molar-refractivity contribution in [1.29, 1.82) is 0 Å². The molecule has 0 saturated heterocycles. The molecule has 3 aromatic carbocycles. The van der Waals surface area contributed by atoms with E-state index in [1.54, 1.807) is 6.92 Å². The molecule has 42 heavy (non-hydrogen) atoms. The number of halogens is 1. The summed E-state index contributed by atoms with van der Waals surface area (Å²) in [5.74, 6) is 0.434. The van der Waals surface area contributed by atoms with Crippen LogP contribution in [0.1, 0.15) is 36.6 Å². The summed E-state index contributed by atoms with van der Waals surface area (Å²) in [4.78, 5) is 12.8. The first-order valence-corrected chi connectivity index (χ1v) is 14.1. The summed E-state index contributed by atoms with van der Waals surface area (Å²) in [5, 5.41) is 0. The van der Waals surface area contributed by atoms with E-state index in [0.29, 0.717) is 17.3 Å². The predicted molar refractivity (Wildman–Crippen MR) is 169 cm³/mol. The van der Waals surface area contributed by atoms with Crippen molar-refractivity contribution in [1.82, 2.24) is 28.5 Å². The fraction of sp³-hybridized carbons (Fsp3) is 0.171. The molecule has 4 heterocycles. The van der Waals surface area contributed by atoms with Gasteiger partial charge in [-0.2, -0.15) is 4.39 Å². The number of fused-ring (bicyclic) bond motifs is 4. The van der Waals surface area contributed by atoms with Crippen molar-refractivity contribution in [3.05, 3.63) is 120 Å². The first-order chi connectivity index (χ1) is 20.3. The Morgan fingerprint density at radius 2 is 1.40 bits per heavy atom. The Bertz CT molecular complexity index is 2120. The summed E-state index contributed by atoms with van der Waals surface area (Å²) < 4.78 is 21.1. The highest BCUT2D eigenvalue weighted by Gasteiger charge is 2.21.